The van der Waals surface area contributed by atoms with Crippen LogP contribution in [-0.4, -0.2) is 16.4 Å². The molecule has 0 unspecified atom stereocenters. The quantitative estimate of drug-likeness (QED) is 0.683. The third-order valence-corrected chi connectivity index (χ3v) is 4.46. The minimum Gasteiger partial charge on any atom is -0.384 e. The molecule has 2 aromatic rings. The highest BCUT2D eigenvalue weighted by Gasteiger charge is 2.32. The van der Waals surface area contributed by atoms with E-state index < -0.39 is 17.4 Å². The van der Waals surface area contributed by atoms with Gasteiger partial charge in [0.05, 0.1) is 16.8 Å². The number of hydrogen-bond acceptors (Lipinski definition) is 4. The molecule has 8 heteroatoms. The molecule has 0 saturated heterocycles. The van der Waals surface area contributed by atoms with Gasteiger partial charge < -0.3 is 5.73 Å². The van der Waals surface area contributed by atoms with Gasteiger partial charge >= 0.3 is 0 Å². The summed E-state index contributed by atoms with van der Waals surface area (Å²) >= 11 is 6.76. The molecule has 0 fully saturated rings. The van der Waals surface area contributed by atoms with E-state index in [-0.39, 0.29) is 16.9 Å². The van der Waals surface area contributed by atoms with Gasteiger partial charge in [-0.15, -0.1) is 0 Å². The van der Waals surface area contributed by atoms with E-state index in [9.17, 15) is 14.4 Å². The lowest BCUT2D eigenvalue weighted by molar-refractivity contribution is 0.0880. The summed E-state index contributed by atoms with van der Waals surface area (Å²) in [7, 11) is 0. The Morgan fingerprint density at radius 1 is 1.09 bits per heavy atom. The number of amides is 2. The number of hydrogen-bond donors (Lipinski definition) is 2. The topological polar surface area (TPSA) is 94.2 Å². The molecule has 1 aliphatic heterocycles. The van der Waals surface area contributed by atoms with Gasteiger partial charge in [-0.3, -0.25) is 24.3 Å². The van der Waals surface area contributed by atoms with Crippen LogP contribution >= 0.6 is 31.9 Å². The number of pyridine rings is 1. The van der Waals surface area contributed by atoms with Gasteiger partial charge in [0.25, 0.3) is 17.4 Å². The summed E-state index contributed by atoms with van der Waals surface area (Å²) in [4.78, 5) is 35.9. The van der Waals surface area contributed by atoms with Crippen molar-refractivity contribution in [3.8, 4) is 5.69 Å². The minimum absolute atomic E-state index is 0.00892. The number of fused-ring (bicyclic) bond motifs is 1. The molecule has 0 saturated carbocycles. The fraction of sp³-hybridized carbons (Fsp3) is 0.0714. The molecule has 112 valence electrons. The van der Waals surface area contributed by atoms with Crippen LogP contribution in [0.5, 0.6) is 0 Å². The van der Waals surface area contributed by atoms with Crippen LogP contribution in [-0.2, 0) is 0 Å². The Labute approximate surface area is 141 Å². The van der Waals surface area contributed by atoms with Gasteiger partial charge in [-0.05, 0) is 40.5 Å². The molecular formula is C14H9Br2N3O3. The number of nitrogens with zero attached hydrogens (tertiary/aromatic N) is 1. The molecule has 22 heavy (non-hydrogen) atoms. The van der Waals surface area contributed by atoms with Crippen LogP contribution in [0.1, 0.15) is 26.3 Å². The number of imide groups is 1. The van der Waals surface area contributed by atoms with Crippen LogP contribution in [0.4, 0.5) is 5.82 Å². The first-order valence-corrected chi connectivity index (χ1v) is 7.77. The summed E-state index contributed by atoms with van der Waals surface area (Å²) in [6.07, 6.45) is 0. The second-order valence-electron chi connectivity index (χ2n) is 4.83. The zero-order valence-corrected chi connectivity index (χ0v) is 14.4. The number of anilines is 1. The van der Waals surface area contributed by atoms with E-state index in [4.69, 9.17) is 5.73 Å². The first kappa shape index (κ1) is 15.0. The van der Waals surface area contributed by atoms with Crippen LogP contribution in [0.3, 0.4) is 0 Å². The Morgan fingerprint density at radius 2 is 1.77 bits per heavy atom. The molecule has 2 amide bonds. The fourth-order valence-corrected chi connectivity index (χ4v) is 4.10. The molecule has 0 aliphatic carbocycles. The molecule has 3 rings (SSSR count). The summed E-state index contributed by atoms with van der Waals surface area (Å²) in [6, 6.07) is 4.72. The van der Waals surface area contributed by atoms with Crippen LogP contribution in [0.25, 0.3) is 5.69 Å². The summed E-state index contributed by atoms with van der Waals surface area (Å²) in [5, 5.41) is 2.14. The molecule has 1 aliphatic rings. The molecule has 0 bridgehead atoms. The van der Waals surface area contributed by atoms with Gasteiger partial charge in [-0.2, -0.15) is 0 Å². The third-order valence-electron chi connectivity index (χ3n) is 3.40. The molecule has 3 N–H and O–H groups in total. The number of carbonyl (C=O) groups is 2. The Balaban J connectivity index is 2.40. The summed E-state index contributed by atoms with van der Waals surface area (Å²) < 4.78 is 2.70. The number of benzene rings is 1. The highest BCUT2D eigenvalue weighted by Crippen LogP contribution is 2.31. The highest BCUT2D eigenvalue weighted by atomic mass is 79.9. The van der Waals surface area contributed by atoms with E-state index in [0.29, 0.717) is 10.2 Å². The van der Waals surface area contributed by atoms with E-state index in [1.165, 1.54) is 4.57 Å². The molecule has 0 atom stereocenters. The molecule has 2 heterocycles. The molecule has 0 radical (unpaired) electrons. The van der Waals surface area contributed by atoms with E-state index in [0.717, 1.165) is 16.1 Å². The number of nitrogen functional groups attached to an aromatic ring is 1. The molecular weight excluding hydrogens is 418 g/mol. The Morgan fingerprint density at radius 3 is 2.41 bits per heavy atom. The van der Waals surface area contributed by atoms with Crippen molar-refractivity contribution in [2.75, 3.05) is 5.73 Å². The van der Waals surface area contributed by atoms with Gasteiger partial charge in [-0.1, -0.05) is 15.9 Å². The van der Waals surface area contributed by atoms with Gasteiger partial charge in [-0.25, -0.2) is 0 Å². The SMILES string of the molecule is Cc1cc(Br)cc(Br)c1-n1c(N)c2c(cc1=O)C(=O)NC2=O. The number of nitrogens with two attached hydrogens (primary N) is 1. The predicted molar refractivity (Wildman–Crippen MR) is 88.4 cm³/mol. The average molecular weight is 427 g/mol. The standard InChI is InChI=1S/C14H9Br2N3O3/c1-5-2-6(15)3-8(16)11(5)19-9(20)4-7-10(12(19)17)14(22)18-13(7)21/h2-4H,17H2,1H3,(H,18,21,22). The van der Waals surface area contributed by atoms with E-state index >= 15 is 0 Å². The second-order valence-corrected chi connectivity index (χ2v) is 6.60. The second kappa shape index (κ2) is 5.06. The normalized spacial score (nSPS) is 13.2. The van der Waals surface area contributed by atoms with Gasteiger partial charge in [0.15, 0.2) is 0 Å². The first-order chi connectivity index (χ1) is 10.3. The molecule has 6 nitrogen and oxygen atoms in total. The number of halogens is 2. The van der Waals surface area contributed by atoms with Crippen LogP contribution < -0.4 is 16.6 Å². The Kier molecular flexibility index (Phi) is 3.45. The van der Waals surface area contributed by atoms with Crippen molar-refractivity contribution in [1.29, 1.82) is 0 Å². The Bertz CT molecular complexity index is 895. The van der Waals surface area contributed by atoms with Gasteiger partial charge in [0, 0.05) is 15.0 Å². The average Bonchev–Trinajstić information content (AvgIpc) is 2.67. The summed E-state index contributed by atoms with van der Waals surface area (Å²) in [5.41, 5.74) is 6.88. The van der Waals surface area contributed by atoms with Crippen molar-refractivity contribution in [2.24, 2.45) is 0 Å². The maximum atomic E-state index is 12.4. The van der Waals surface area contributed by atoms with Crippen LogP contribution in [0, 0.1) is 6.92 Å². The molecule has 1 aromatic carbocycles. The molecule has 1 aromatic heterocycles. The third kappa shape index (κ3) is 2.10. The number of rotatable bonds is 1. The van der Waals surface area contributed by atoms with E-state index in [2.05, 4.69) is 37.2 Å². The smallest absolute Gasteiger partial charge is 0.262 e. The monoisotopic (exact) mass is 425 g/mol. The minimum atomic E-state index is -0.609. The largest absolute Gasteiger partial charge is 0.384 e. The number of aryl methyl sites for hydroxylation is 1. The van der Waals surface area contributed by atoms with Crippen molar-refractivity contribution in [3.63, 3.8) is 0 Å². The zero-order chi connectivity index (χ0) is 16.2. The van der Waals surface area contributed by atoms with Gasteiger partial charge in [0.2, 0.25) is 0 Å². The zero-order valence-electron chi connectivity index (χ0n) is 11.2. The number of nitrogens with one attached hydrogen (secondary N) is 1. The summed E-state index contributed by atoms with van der Waals surface area (Å²) in [5.74, 6) is -1.27. The first-order valence-electron chi connectivity index (χ1n) is 6.18. The predicted octanol–water partition coefficient (Wildman–Crippen LogP) is 2.14. The van der Waals surface area contributed by atoms with Crippen molar-refractivity contribution < 1.29 is 9.59 Å². The fourth-order valence-electron chi connectivity index (χ4n) is 2.49. The number of aromatic nitrogens is 1. The lowest BCUT2D eigenvalue weighted by atomic mass is 10.1. The van der Waals surface area contributed by atoms with E-state index in [1.54, 1.807) is 6.07 Å². The Hall–Kier alpha value is -1.93. The van der Waals surface area contributed by atoms with Crippen LogP contribution in [0.15, 0.2) is 31.9 Å². The summed E-state index contributed by atoms with van der Waals surface area (Å²) in [6.45, 7) is 1.81. The highest BCUT2D eigenvalue weighted by molar-refractivity contribution is 9.11. The maximum absolute atomic E-state index is 12.4. The van der Waals surface area contributed by atoms with Crippen molar-refractivity contribution in [3.05, 3.63) is 54.2 Å². The lowest BCUT2D eigenvalue weighted by Crippen LogP contribution is -2.25. The van der Waals surface area contributed by atoms with Crippen LogP contribution in [0.2, 0.25) is 0 Å². The van der Waals surface area contributed by atoms with Gasteiger partial charge in [0.1, 0.15) is 5.82 Å². The molecule has 0 spiro atoms. The van der Waals surface area contributed by atoms with Crippen molar-refractivity contribution in [1.82, 2.24) is 9.88 Å². The maximum Gasteiger partial charge on any atom is 0.262 e. The lowest BCUT2D eigenvalue weighted by Gasteiger charge is -2.16. The van der Waals surface area contributed by atoms with Crippen molar-refractivity contribution in [2.45, 2.75) is 6.92 Å². The number of carbonyl (C=O) groups excluding carboxylic acids is 2. The van der Waals surface area contributed by atoms with E-state index in [1.807, 2.05) is 13.0 Å². The van der Waals surface area contributed by atoms with Crippen molar-refractivity contribution >= 4 is 49.5 Å².